The van der Waals surface area contributed by atoms with Gasteiger partial charge >= 0.3 is 0 Å². The molecule has 0 radical (unpaired) electrons. The fourth-order valence-corrected chi connectivity index (χ4v) is 2.77. The lowest BCUT2D eigenvalue weighted by atomic mass is 10.1. The number of ether oxygens (including phenoxy) is 2. The number of piperidine rings is 1. The molecule has 23 heavy (non-hydrogen) atoms. The summed E-state index contributed by atoms with van der Waals surface area (Å²) in [7, 11) is 3.24. The molecule has 1 saturated heterocycles. The van der Waals surface area contributed by atoms with Gasteiger partial charge in [0.05, 0.1) is 19.9 Å². The highest BCUT2D eigenvalue weighted by Crippen LogP contribution is 2.31. The van der Waals surface area contributed by atoms with Crippen molar-refractivity contribution in [1.29, 1.82) is 0 Å². The second-order valence-corrected chi connectivity index (χ2v) is 5.67. The zero-order chi connectivity index (χ0) is 16.2. The molecule has 1 aliphatic rings. The van der Waals surface area contributed by atoms with Gasteiger partial charge in [-0.3, -0.25) is 0 Å². The average Bonchev–Trinajstić information content (AvgIpc) is 2.62. The predicted octanol–water partition coefficient (Wildman–Crippen LogP) is 2.09. The molecule has 2 aromatic rings. The standard InChI is InChI=1S/C17H22N4O2/c1-22-15-5-3-12(11-16(15)23-2)14-4-6-17(20-19-14)21-9-7-13(18)8-10-21/h3-6,11,13H,7-10,18H2,1-2H3. The van der Waals surface area contributed by atoms with E-state index in [0.29, 0.717) is 17.5 Å². The van der Waals surface area contributed by atoms with Gasteiger partial charge in [-0.2, -0.15) is 0 Å². The molecule has 2 N–H and O–H groups in total. The van der Waals surface area contributed by atoms with Crippen LogP contribution in [0.2, 0.25) is 0 Å². The van der Waals surface area contributed by atoms with Crippen LogP contribution in [0.15, 0.2) is 30.3 Å². The lowest BCUT2D eigenvalue weighted by molar-refractivity contribution is 0.355. The fraction of sp³-hybridized carbons (Fsp3) is 0.412. The number of hydrogen-bond acceptors (Lipinski definition) is 6. The third kappa shape index (κ3) is 3.37. The first-order chi connectivity index (χ1) is 11.2. The molecule has 3 rings (SSSR count). The van der Waals surface area contributed by atoms with Crippen molar-refractivity contribution < 1.29 is 9.47 Å². The Morgan fingerprint density at radius 2 is 1.74 bits per heavy atom. The van der Waals surface area contributed by atoms with Crippen LogP contribution in [0.5, 0.6) is 11.5 Å². The molecule has 1 aliphatic heterocycles. The van der Waals surface area contributed by atoms with Crippen molar-refractivity contribution in [1.82, 2.24) is 10.2 Å². The first-order valence-electron chi connectivity index (χ1n) is 7.78. The second-order valence-electron chi connectivity index (χ2n) is 5.67. The molecule has 0 atom stereocenters. The van der Waals surface area contributed by atoms with Crippen LogP contribution in [0.4, 0.5) is 5.82 Å². The number of nitrogens with zero attached hydrogens (tertiary/aromatic N) is 3. The minimum Gasteiger partial charge on any atom is -0.493 e. The number of methoxy groups -OCH3 is 2. The van der Waals surface area contributed by atoms with E-state index in [1.807, 2.05) is 30.3 Å². The van der Waals surface area contributed by atoms with Crippen molar-refractivity contribution in [2.24, 2.45) is 5.73 Å². The van der Waals surface area contributed by atoms with Crippen molar-refractivity contribution in [2.75, 3.05) is 32.2 Å². The van der Waals surface area contributed by atoms with Crippen LogP contribution < -0.4 is 20.1 Å². The molecule has 0 saturated carbocycles. The minimum absolute atomic E-state index is 0.310. The van der Waals surface area contributed by atoms with Gasteiger partial charge in [0, 0.05) is 24.7 Å². The van der Waals surface area contributed by atoms with Crippen molar-refractivity contribution in [3.8, 4) is 22.8 Å². The SMILES string of the molecule is COc1ccc(-c2ccc(N3CCC(N)CC3)nn2)cc1OC. The van der Waals surface area contributed by atoms with E-state index in [2.05, 4.69) is 15.1 Å². The van der Waals surface area contributed by atoms with Crippen molar-refractivity contribution in [3.63, 3.8) is 0 Å². The van der Waals surface area contributed by atoms with Crippen LogP contribution in [0.1, 0.15) is 12.8 Å². The Morgan fingerprint density at radius 1 is 1.00 bits per heavy atom. The van der Waals surface area contributed by atoms with Crippen molar-refractivity contribution in [2.45, 2.75) is 18.9 Å². The highest BCUT2D eigenvalue weighted by molar-refractivity contribution is 5.64. The summed E-state index contributed by atoms with van der Waals surface area (Å²) >= 11 is 0. The Bertz CT molecular complexity index is 652. The molecule has 1 aromatic heterocycles. The number of anilines is 1. The van der Waals surface area contributed by atoms with Gasteiger partial charge in [0.25, 0.3) is 0 Å². The molecular formula is C17H22N4O2. The van der Waals surface area contributed by atoms with Gasteiger partial charge in [0.1, 0.15) is 0 Å². The maximum Gasteiger partial charge on any atom is 0.161 e. The Labute approximate surface area is 136 Å². The predicted molar refractivity (Wildman–Crippen MR) is 90.0 cm³/mol. The summed E-state index contributed by atoms with van der Waals surface area (Å²) in [6.07, 6.45) is 2.00. The zero-order valence-corrected chi connectivity index (χ0v) is 13.5. The molecule has 122 valence electrons. The van der Waals surface area contributed by atoms with E-state index in [1.165, 1.54) is 0 Å². The van der Waals surface area contributed by atoms with Gasteiger partial charge < -0.3 is 20.1 Å². The van der Waals surface area contributed by atoms with E-state index in [-0.39, 0.29) is 0 Å². The molecule has 0 spiro atoms. The van der Waals surface area contributed by atoms with Gasteiger partial charge in [-0.15, -0.1) is 10.2 Å². The van der Waals surface area contributed by atoms with Gasteiger partial charge in [-0.05, 0) is 43.2 Å². The Hall–Kier alpha value is -2.34. The Balaban J connectivity index is 1.79. The monoisotopic (exact) mass is 314 g/mol. The van der Waals surface area contributed by atoms with E-state index >= 15 is 0 Å². The average molecular weight is 314 g/mol. The summed E-state index contributed by atoms with van der Waals surface area (Å²) in [5.74, 6) is 2.28. The van der Waals surface area contributed by atoms with E-state index in [1.54, 1.807) is 14.2 Å². The summed E-state index contributed by atoms with van der Waals surface area (Å²) < 4.78 is 10.6. The second kappa shape index (κ2) is 6.83. The number of nitrogens with two attached hydrogens (primary N) is 1. The molecule has 0 amide bonds. The number of aromatic nitrogens is 2. The molecule has 6 nitrogen and oxygen atoms in total. The lowest BCUT2D eigenvalue weighted by Crippen LogP contribution is -2.40. The lowest BCUT2D eigenvalue weighted by Gasteiger charge is -2.30. The topological polar surface area (TPSA) is 73.5 Å². The molecule has 2 heterocycles. The summed E-state index contributed by atoms with van der Waals surface area (Å²) in [5.41, 5.74) is 7.70. The Kier molecular flexibility index (Phi) is 4.62. The minimum atomic E-state index is 0.310. The van der Waals surface area contributed by atoms with Gasteiger partial charge in [-0.1, -0.05) is 0 Å². The van der Waals surface area contributed by atoms with E-state index in [4.69, 9.17) is 15.2 Å². The fourth-order valence-electron chi connectivity index (χ4n) is 2.77. The molecule has 0 bridgehead atoms. The van der Waals surface area contributed by atoms with E-state index in [9.17, 15) is 0 Å². The van der Waals surface area contributed by atoms with Gasteiger partial charge in [0.15, 0.2) is 17.3 Å². The summed E-state index contributed by atoms with van der Waals surface area (Å²) in [6.45, 7) is 1.87. The summed E-state index contributed by atoms with van der Waals surface area (Å²) in [4.78, 5) is 2.23. The molecule has 0 unspecified atom stereocenters. The quantitative estimate of drug-likeness (QED) is 0.931. The molecule has 1 fully saturated rings. The van der Waals surface area contributed by atoms with E-state index < -0.39 is 0 Å². The normalized spacial score (nSPS) is 15.5. The van der Waals surface area contributed by atoms with Crippen LogP contribution in [0.3, 0.4) is 0 Å². The first kappa shape index (κ1) is 15.6. The van der Waals surface area contributed by atoms with Gasteiger partial charge in [-0.25, -0.2) is 0 Å². The number of benzene rings is 1. The Morgan fingerprint density at radius 3 is 2.35 bits per heavy atom. The van der Waals surface area contributed by atoms with Crippen LogP contribution in [-0.2, 0) is 0 Å². The number of rotatable bonds is 4. The molecular weight excluding hydrogens is 292 g/mol. The van der Waals surface area contributed by atoms with Crippen LogP contribution >= 0.6 is 0 Å². The maximum atomic E-state index is 5.94. The highest BCUT2D eigenvalue weighted by Gasteiger charge is 2.17. The molecule has 0 aliphatic carbocycles. The largest absolute Gasteiger partial charge is 0.493 e. The summed E-state index contributed by atoms with van der Waals surface area (Å²) in [5, 5.41) is 8.72. The van der Waals surface area contributed by atoms with Crippen molar-refractivity contribution >= 4 is 5.82 Å². The van der Waals surface area contributed by atoms with Crippen molar-refractivity contribution in [3.05, 3.63) is 30.3 Å². The van der Waals surface area contributed by atoms with Crippen LogP contribution in [0, 0.1) is 0 Å². The highest BCUT2D eigenvalue weighted by atomic mass is 16.5. The number of hydrogen-bond donors (Lipinski definition) is 1. The molecule has 1 aromatic carbocycles. The summed E-state index contributed by atoms with van der Waals surface area (Å²) in [6, 6.07) is 10.0. The molecule has 6 heteroatoms. The zero-order valence-electron chi connectivity index (χ0n) is 13.5. The smallest absolute Gasteiger partial charge is 0.161 e. The van der Waals surface area contributed by atoms with Crippen LogP contribution in [0.25, 0.3) is 11.3 Å². The van der Waals surface area contributed by atoms with Crippen LogP contribution in [-0.4, -0.2) is 43.5 Å². The third-order valence-electron chi connectivity index (χ3n) is 4.19. The van der Waals surface area contributed by atoms with Gasteiger partial charge in [0.2, 0.25) is 0 Å². The first-order valence-corrected chi connectivity index (χ1v) is 7.78. The van der Waals surface area contributed by atoms with E-state index in [0.717, 1.165) is 43.0 Å². The maximum absolute atomic E-state index is 5.94. The third-order valence-corrected chi connectivity index (χ3v) is 4.19.